The molecule has 132 valence electrons. The molecule has 2 aliphatic heterocycles. The lowest BCUT2D eigenvalue weighted by molar-refractivity contribution is -0.000599. The maximum Gasteiger partial charge on any atom is 0.151 e. The lowest BCUT2D eigenvalue weighted by Gasteiger charge is -2.44. The Morgan fingerprint density at radius 2 is 2.12 bits per heavy atom. The summed E-state index contributed by atoms with van der Waals surface area (Å²) in [5.74, 6) is 1.14. The highest BCUT2D eigenvalue weighted by atomic mass is 16.5. The first-order valence-electron chi connectivity index (χ1n) is 8.87. The molecular formula is C19H24N4O2. The molecule has 6 heteroatoms. The van der Waals surface area contributed by atoms with E-state index >= 15 is 0 Å². The van der Waals surface area contributed by atoms with Crippen LogP contribution >= 0.6 is 0 Å². The Morgan fingerprint density at radius 1 is 1.24 bits per heavy atom. The number of nitrogens with zero attached hydrogens (tertiary/aromatic N) is 3. The van der Waals surface area contributed by atoms with Gasteiger partial charge in [-0.1, -0.05) is 6.07 Å². The fourth-order valence-corrected chi connectivity index (χ4v) is 3.99. The number of morpholine rings is 1. The number of aryl methyl sites for hydroxylation is 2. The summed E-state index contributed by atoms with van der Waals surface area (Å²) in [6.45, 7) is 7.40. The molecule has 25 heavy (non-hydrogen) atoms. The van der Waals surface area contributed by atoms with Gasteiger partial charge in [-0.15, -0.1) is 10.2 Å². The number of rotatable bonds is 2. The maximum atomic E-state index is 10.3. The first kappa shape index (κ1) is 16.3. The summed E-state index contributed by atoms with van der Waals surface area (Å²) in [6.07, 6.45) is 1.26. The minimum Gasteiger partial charge on any atom is -0.507 e. The molecule has 6 nitrogen and oxygen atoms in total. The number of hydrogen-bond acceptors (Lipinski definition) is 6. The molecule has 1 aromatic heterocycles. The van der Waals surface area contributed by atoms with Gasteiger partial charge in [-0.05, 0) is 56.1 Å². The number of hydrogen-bond donors (Lipinski definition) is 2. The molecule has 0 spiro atoms. The number of anilines is 1. The molecule has 2 aliphatic rings. The zero-order valence-electron chi connectivity index (χ0n) is 14.7. The van der Waals surface area contributed by atoms with Crippen LogP contribution in [0.15, 0.2) is 24.3 Å². The second kappa shape index (κ2) is 6.61. The number of aromatic nitrogens is 2. The van der Waals surface area contributed by atoms with Gasteiger partial charge in [-0.2, -0.15) is 0 Å². The summed E-state index contributed by atoms with van der Waals surface area (Å²) in [6, 6.07) is 8.12. The standard InChI is InChI=1S/C19H24N4O2/c1-12-9-13(2)19(16(24)10-12)14-3-4-18(22-21-14)23-7-8-25-17-11-20-6-5-15(17)23/h3-4,9-10,15,17,20,24H,5-8,11H2,1-2H3/t15-,17+/m1/s1. The molecule has 0 saturated carbocycles. The Kier molecular flexibility index (Phi) is 4.31. The molecular weight excluding hydrogens is 316 g/mol. The minimum atomic E-state index is 0.215. The van der Waals surface area contributed by atoms with Crippen molar-refractivity contribution in [3.63, 3.8) is 0 Å². The first-order valence-corrected chi connectivity index (χ1v) is 8.87. The van der Waals surface area contributed by atoms with Crippen molar-refractivity contribution in [3.8, 4) is 17.0 Å². The fraction of sp³-hybridized carbons (Fsp3) is 0.474. The van der Waals surface area contributed by atoms with Crippen LogP contribution < -0.4 is 10.2 Å². The van der Waals surface area contributed by atoms with E-state index in [0.29, 0.717) is 18.3 Å². The van der Waals surface area contributed by atoms with E-state index in [1.54, 1.807) is 6.07 Å². The van der Waals surface area contributed by atoms with E-state index in [1.165, 1.54) is 0 Å². The van der Waals surface area contributed by atoms with E-state index in [0.717, 1.165) is 48.6 Å². The number of aromatic hydroxyl groups is 1. The SMILES string of the molecule is Cc1cc(C)c(-c2ccc(N3CCO[C@H]4CNCC[C@H]43)nn2)c(O)c1. The highest BCUT2D eigenvalue weighted by Crippen LogP contribution is 2.33. The second-order valence-electron chi connectivity index (χ2n) is 6.92. The molecule has 0 radical (unpaired) electrons. The molecule has 2 aromatic rings. The number of ether oxygens (including phenoxy) is 1. The van der Waals surface area contributed by atoms with Crippen LogP contribution in [0.25, 0.3) is 11.3 Å². The van der Waals surface area contributed by atoms with Crippen molar-refractivity contribution in [2.24, 2.45) is 0 Å². The molecule has 2 N–H and O–H groups in total. The van der Waals surface area contributed by atoms with Gasteiger partial charge in [0.05, 0.1) is 24.4 Å². The molecule has 0 amide bonds. The van der Waals surface area contributed by atoms with Crippen LogP contribution in [0, 0.1) is 13.8 Å². The Bertz CT molecular complexity index is 738. The van der Waals surface area contributed by atoms with Crippen LogP contribution in [0.4, 0.5) is 5.82 Å². The van der Waals surface area contributed by atoms with Crippen LogP contribution in [0.2, 0.25) is 0 Å². The van der Waals surface area contributed by atoms with E-state index in [2.05, 4.69) is 20.4 Å². The van der Waals surface area contributed by atoms with Crippen LogP contribution in [0.3, 0.4) is 0 Å². The summed E-state index contributed by atoms with van der Waals surface area (Å²) in [4.78, 5) is 2.31. The third-order valence-corrected chi connectivity index (χ3v) is 5.12. The Morgan fingerprint density at radius 3 is 2.88 bits per heavy atom. The number of fused-ring (bicyclic) bond motifs is 1. The van der Waals surface area contributed by atoms with Crippen LogP contribution in [-0.4, -0.2) is 53.7 Å². The van der Waals surface area contributed by atoms with E-state index in [1.807, 2.05) is 32.0 Å². The minimum absolute atomic E-state index is 0.215. The van der Waals surface area contributed by atoms with Crippen LogP contribution in [0.5, 0.6) is 5.75 Å². The monoisotopic (exact) mass is 340 g/mol. The molecule has 1 aromatic carbocycles. The van der Waals surface area contributed by atoms with E-state index in [4.69, 9.17) is 4.74 Å². The third kappa shape index (κ3) is 3.07. The van der Waals surface area contributed by atoms with Crippen LogP contribution in [-0.2, 0) is 4.74 Å². The Hall–Kier alpha value is -2.18. The zero-order chi connectivity index (χ0) is 17.4. The van der Waals surface area contributed by atoms with Crippen molar-refractivity contribution in [2.45, 2.75) is 32.4 Å². The van der Waals surface area contributed by atoms with E-state index in [-0.39, 0.29) is 11.9 Å². The van der Waals surface area contributed by atoms with Gasteiger partial charge >= 0.3 is 0 Å². The van der Waals surface area contributed by atoms with Gasteiger partial charge in [-0.3, -0.25) is 0 Å². The summed E-state index contributed by atoms with van der Waals surface area (Å²) in [5.41, 5.74) is 3.50. The maximum absolute atomic E-state index is 10.3. The number of piperidine rings is 1. The van der Waals surface area contributed by atoms with Crippen LogP contribution in [0.1, 0.15) is 17.5 Å². The topological polar surface area (TPSA) is 70.5 Å². The van der Waals surface area contributed by atoms with Gasteiger partial charge < -0.3 is 20.1 Å². The van der Waals surface area contributed by atoms with Crippen molar-refractivity contribution < 1.29 is 9.84 Å². The van der Waals surface area contributed by atoms with Gasteiger partial charge in [0.15, 0.2) is 5.82 Å². The van der Waals surface area contributed by atoms with E-state index < -0.39 is 0 Å². The predicted octanol–water partition coefficient (Wildman–Crippen LogP) is 2.03. The smallest absolute Gasteiger partial charge is 0.151 e. The predicted molar refractivity (Wildman–Crippen MR) is 97.0 cm³/mol. The Balaban J connectivity index is 1.62. The van der Waals surface area contributed by atoms with Gasteiger partial charge in [0, 0.05) is 18.7 Å². The summed E-state index contributed by atoms with van der Waals surface area (Å²) in [7, 11) is 0. The highest BCUT2D eigenvalue weighted by Gasteiger charge is 2.35. The normalized spacial score (nSPS) is 23.4. The van der Waals surface area contributed by atoms with Gasteiger partial charge in [-0.25, -0.2) is 0 Å². The number of phenols is 1. The fourth-order valence-electron chi connectivity index (χ4n) is 3.99. The van der Waals surface area contributed by atoms with E-state index in [9.17, 15) is 5.11 Å². The lowest BCUT2D eigenvalue weighted by atomic mass is 9.99. The first-order chi connectivity index (χ1) is 12.1. The summed E-state index contributed by atoms with van der Waals surface area (Å²) >= 11 is 0. The number of phenolic OH excluding ortho intramolecular Hbond substituents is 1. The average molecular weight is 340 g/mol. The quantitative estimate of drug-likeness (QED) is 0.872. The Labute approximate surface area is 147 Å². The summed E-state index contributed by atoms with van der Waals surface area (Å²) in [5, 5.41) is 22.6. The van der Waals surface area contributed by atoms with Crippen molar-refractivity contribution in [1.29, 1.82) is 0 Å². The van der Waals surface area contributed by atoms with Crippen molar-refractivity contribution in [1.82, 2.24) is 15.5 Å². The van der Waals surface area contributed by atoms with Gasteiger partial charge in [0.1, 0.15) is 5.75 Å². The second-order valence-corrected chi connectivity index (χ2v) is 6.92. The number of nitrogens with one attached hydrogen (secondary N) is 1. The number of benzene rings is 1. The van der Waals surface area contributed by atoms with Crippen molar-refractivity contribution >= 4 is 5.82 Å². The lowest BCUT2D eigenvalue weighted by Crippen LogP contribution is -2.58. The van der Waals surface area contributed by atoms with Gasteiger partial charge in [0.2, 0.25) is 0 Å². The molecule has 0 bridgehead atoms. The molecule has 0 unspecified atom stereocenters. The van der Waals surface area contributed by atoms with Crippen molar-refractivity contribution in [2.75, 3.05) is 31.1 Å². The molecule has 2 atom stereocenters. The highest BCUT2D eigenvalue weighted by molar-refractivity contribution is 5.71. The molecule has 2 saturated heterocycles. The zero-order valence-corrected chi connectivity index (χ0v) is 14.7. The molecule has 3 heterocycles. The third-order valence-electron chi connectivity index (χ3n) is 5.12. The average Bonchev–Trinajstić information content (AvgIpc) is 2.61. The molecule has 2 fully saturated rings. The molecule has 4 rings (SSSR count). The largest absolute Gasteiger partial charge is 0.507 e. The molecule has 0 aliphatic carbocycles. The summed E-state index contributed by atoms with van der Waals surface area (Å²) < 4.78 is 5.88. The van der Waals surface area contributed by atoms with Gasteiger partial charge in [0.25, 0.3) is 0 Å². The van der Waals surface area contributed by atoms with Crippen molar-refractivity contribution in [3.05, 3.63) is 35.4 Å².